The van der Waals surface area contributed by atoms with E-state index in [2.05, 4.69) is 15.8 Å². The highest BCUT2D eigenvalue weighted by atomic mass is 35.5. The van der Waals surface area contributed by atoms with Crippen LogP contribution < -0.4 is 10.7 Å². The molecule has 2 N–H and O–H groups in total. The fourth-order valence-corrected chi connectivity index (χ4v) is 1.79. The average Bonchev–Trinajstić information content (AvgIpc) is 2.52. The zero-order valence-corrected chi connectivity index (χ0v) is 12.6. The predicted octanol–water partition coefficient (Wildman–Crippen LogP) is 2.74. The van der Waals surface area contributed by atoms with Crippen LogP contribution in [0.15, 0.2) is 53.6 Å². The molecule has 2 rings (SSSR count). The van der Waals surface area contributed by atoms with Crippen LogP contribution in [0.4, 0.5) is 5.69 Å². The largest absolute Gasteiger partial charge is 0.329 e. The number of benzene rings is 2. The summed E-state index contributed by atoms with van der Waals surface area (Å²) in [5, 5.41) is 6.69. The molecule has 0 aliphatic rings. The van der Waals surface area contributed by atoms with E-state index in [-0.39, 0.29) is 0 Å². The van der Waals surface area contributed by atoms with Crippen molar-refractivity contribution in [1.82, 2.24) is 5.43 Å². The van der Waals surface area contributed by atoms with E-state index >= 15 is 0 Å². The van der Waals surface area contributed by atoms with Gasteiger partial charge in [-0.3, -0.25) is 9.59 Å². The molecule has 2 amide bonds. The predicted molar refractivity (Wildman–Crippen MR) is 87.0 cm³/mol. The fourth-order valence-electron chi connectivity index (χ4n) is 1.61. The van der Waals surface area contributed by atoms with Gasteiger partial charge in [-0.05, 0) is 30.2 Å². The van der Waals surface area contributed by atoms with Gasteiger partial charge in [0.1, 0.15) is 0 Å². The Balaban J connectivity index is 1.90. The zero-order valence-electron chi connectivity index (χ0n) is 11.8. The number of hydrogen-bond acceptors (Lipinski definition) is 3. The average molecular weight is 316 g/mol. The number of hydrazone groups is 1. The van der Waals surface area contributed by atoms with E-state index < -0.39 is 11.8 Å². The first-order chi connectivity index (χ1) is 10.6. The number of rotatable bonds is 3. The van der Waals surface area contributed by atoms with Gasteiger partial charge in [0, 0.05) is 10.7 Å². The summed E-state index contributed by atoms with van der Waals surface area (Å²) in [5.41, 5.74) is 4.31. The normalized spacial score (nSPS) is 10.5. The molecule has 0 aliphatic heterocycles. The molecule has 0 spiro atoms. The molecule has 6 heteroatoms. The van der Waals surface area contributed by atoms with E-state index in [1.54, 1.807) is 18.2 Å². The molecular weight excluding hydrogens is 302 g/mol. The highest BCUT2D eigenvalue weighted by Gasteiger charge is 2.13. The minimum absolute atomic E-state index is 0.447. The summed E-state index contributed by atoms with van der Waals surface area (Å²) >= 11 is 5.95. The van der Waals surface area contributed by atoms with Crippen molar-refractivity contribution in [2.24, 2.45) is 5.10 Å². The summed E-state index contributed by atoms with van der Waals surface area (Å²) in [5.74, 6) is -1.67. The summed E-state index contributed by atoms with van der Waals surface area (Å²) in [6, 6.07) is 14.2. The van der Waals surface area contributed by atoms with Crippen LogP contribution in [-0.2, 0) is 9.59 Å². The summed E-state index contributed by atoms with van der Waals surface area (Å²) in [6.45, 7) is 1.85. The Morgan fingerprint density at radius 2 is 1.82 bits per heavy atom. The van der Waals surface area contributed by atoms with E-state index in [0.717, 1.165) is 11.1 Å². The van der Waals surface area contributed by atoms with Gasteiger partial charge in [0.25, 0.3) is 0 Å². The van der Waals surface area contributed by atoms with E-state index in [9.17, 15) is 9.59 Å². The molecule has 0 bridgehead atoms. The lowest BCUT2D eigenvalue weighted by molar-refractivity contribution is -0.136. The second kappa shape index (κ2) is 7.38. The number of nitrogens with zero attached hydrogens (tertiary/aromatic N) is 1. The van der Waals surface area contributed by atoms with Gasteiger partial charge in [-0.1, -0.05) is 48.0 Å². The molecule has 0 atom stereocenters. The van der Waals surface area contributed by atoms with Gasteiger partial charge in [0.2, 0.25) is 0 Å². The van der Waals surface area contributed by atoms with Crippen LogP contribution in [0.2, 0.25) is 5.02 Å². The van der Waals surface area contributed by atoms with Gasteiger partial charge >= 0.3 is 11.8 Å². The van der Waals surface area contributed by atoms with Crippen molar-refractivity contribution in [2.45, 2.75) is 6.92 Å². The Hall–Kier alpha value is -2.66. The molecule has 0 saturated heterocycles. The number of aryl methyl sites for hydroxylation is 1. The monoisotopic (exact) mass is 315 g/mol. The Morgan fingerprint density at radius 1 is 1.09 bits per heavy atom. The number of carbonyl (C=O) groups is 2. The molecule has 22 heavy (non-hydrogen) atoms. The molecular formula is C16H14ClN3O2. The lowest BCUT2D eigenvalue weighted by Gasteiger charge is -2.05. The number of carbonyl (C=O) groups excluding carboxylic acids is 2. The Morgan fingerprint density at radius 3 is 2.50 bits per heavy atom. The Labute approximate surface area is 133 Å². The van der Waals surface area contributed by atoms with Crippen LogP contribution in [0.25, 0.3) is 0 Å². The molecule has 0 aliphatic carbocycles. The lowest BCUT2D eigenvalue weighted by Crippen LogP contribution is -2.32. The van der Waals surface area contributed by atoms with Crippen molar-refractivity contribution in [2.75, 3.05) is 5.32 Å². The molecule has 0 fully saturated rings. The van der Waals surface area contributed by atoms with Crippen molar-refractivity contribution in [3.63, 3.8) is 0 Å². The topological polar surface area (TPSA) is 70.6 Å². The lowest BCUT2D eigenvalue weighted by atomic mass is 10.2. The maximum Gasteiger partial charge on any atom is 0.329 e. The van der Waals surface area contributed by atoms with Gasteiger partial charge in [0.05, 0.1) is 6.21 Å². The molecule has 0 heterocycles. The van der Waals surface area contributed by atoms with Crippen molar-refractivity contribution >= 4 is 35.3 Å². The summed E-state index contributed by atoms with van der Waals surface area (Å²) < 4.78 is 0. The first-order valence-corrected chi connectivity index (χ1v) is 6.89. The van der Waals surface area contributed by atoms with Crippen LogP contribution >= 0.6 is 11.6 Å². The third-order valence-corrected chi connectivity index (χ3v) is 3.22. The Bertz CT molecular complexity index is 715. The SMILES string of the molecule is Cc1ccc(NC(=O)C(=O)N/N=C\c2ccccc2)cc1Cl. The van der Waals surface area contributed by atoms with Gasteiger partial charge in [-0.15, -0.1) is 0 Å². The molecule has 0 aromatic heterocycles. The summed E-state index contributed by atoms with van der Waals surface area (Å²) in [7, 11) is 0. The Kier molecular flexibility index (Phi) is 5.27. The smallest absolute Gasteiger partial charge is 0.318 e. The second-order valence-corrected chi connectivity index (χ2v) is 4.94. The quantitative estimate of drug-likeness (QED) is 0.519. The minimum atomic E-state index is -0.858. The first-order valence-electron chi connectivity index (χ1n) is 6.52. The molecule has 112 valence electrons. The van der Waals surface area contributed by atoms with E-state index in [1.807, 2.05) is 37.3 Å². The van der Waals surface area contributed by atoms with Crippen LogP contribution in [-0.4, -0.2) is 18.0 Å². The number of hydrogen-bond donors (Lipinski definition) is 2. The highest BCUT2D eigenvalue weighted by Crippen LogP contribution is 2.19. The van der Waals surface area contributed by atoms with E-state index in [0.29, 0.717) is 10.7 Å². The van der Waals surface area contributed by atoms with E-state index in [4.69, 9.17) is 11.6 Å². The van der Waals surface area contributed by atoms with Crippen LogP contribution in [0.5, 0.6) is 0 Å². The molecule has 5 nitrogen and oxygen atoms in total. The highest BCUT2D eigenvalue weighted by molar-refractivity contribution is 6.39. The second-order valence-electron chi connectivity index (χ2n) is 4.53. The van der Waals surface area contributed by atoms with E-state index in [1.165, 1.54) is 6.21 Å². The first kappa shape index (κ1) is 15.7. The number of amides is 2. The summed E-state index contributed by atoms with van der Waals surface area (Å²) in [6.07, 6.45) is 1.45. The molecule has 0 unspecified atom stereocenters. The fraction of sp³-hybridized carbons (Fsp3) is 0.0625. The third-order valence-electron chi connectivity index (χ3n) is 2.82. The van der Waals surface area contributed by atoms with Gasteiger partial charge in [-0.25, -0.2) is 5.43 Å². The molecule has 2 aromatic rings. The van der Waals surface area contributed by atoms with Crippen molar-refractivity contribution in [1.29, 1.82) is 0 Å². The van der Waals surface area contributed by atoms with Crippen LogP contribution in [0, 0.1) is 6.92 Å². The van der Waals surface area contributed by atoms with Gasteiger partial charge < -0.3 is 5.32 Å². The van der Waals surface area contributed by atoms with Gasteiger partial charge in [0.15, 0.2) is 0 Å². The molecule has 0 saturated carbocycles. The number of anilines is 1. The molecule has 2 aromatic carbocycles. The van der Waals surface area contributed by atoms with Crippen molar-refractivity contribution in [3.8, 4) is 0 Å². The van der Waals surface area contributed by atoms with Crippen LogP contribution in [0.1, 0.15) is 11.1 Å². The van der Waals surface area contributed by atoms with Gasteiger partial charge in [-0.2, -0.15) is 5.10 Å². The minimum Gasteiger partial charge on any atom is -0.318 e. The maximum absolute atomic E-state index is 11.7. The standard InChI is InChI=1S/C16H14ClN3O2/c1-11-7-8-13(9-14(11)17)19-15(21)16(22)20-18-10-12-5-3-2-4-6-12/h2-10H,1H3,(H,19,21)(H,20,22)/b18-10-. The van der Waals surface area contributed by atoms with Crippen LogP contribution in [0.3, 0.4) is 0 Å². The van der Waals surface area contributed by atoms with Crippen molar-refractivity contribution in [3.05, 3.63) is 64.7 Å². The molecule has 0 radical (unpaired) electrons. The summed E-state index contributed by atoms with van der Waals surface area (Å²) in [4.78, 5) is 23.3. The number of nitrogens with one attached hydrogen (secondary N) is 2. The number of halogens is 1. The third kappa shape index (κ3) is 4.43. The maximum atomic E-state index is 11.7. The van der Waals surface area contributed by atoms with Crippen molar-refractivity contribution < 1.29 is 9.59 Å². The zero-order chi connectivity index (χ0) is 15.9.